The second kappa shape index (κ2) is 6.27. The number of benzene rings is 2. The fourth-order valence-corrected chi connectivity index (χ4v) is 3.82. The van der Waals surface area contributed by atoms with Crippen molar-refractivity contribution in [1.29, 1.82) is 0 Å². The normalized spacial score (nSPS) is 19.2. The summed E-state index contributed by atoms with van der Waals surface area (Å²) >= 11 is 1.89. The molecule has 1 aliphatic rings. The first-order valence-corrected chi connectivity index (χ1v) is 8.13. The van der Waals surface area contributed by atoms with Gasteiger partial charge in [-0.3, -0.25) is 4.99 Å². The van der Waals surface area contributed by atoms with Crippen molar-refractivity contribution < 1.29 is 0 Å². The van der Waals surface area contributed by atoms with Crippen LogP contribution in [0.4, 0.5) is 0 Å². The van der Waals surface area contributed by atoms with E-state index in [1.54, 1.807) is 0 Å². The minimum atomic E-state index is 0.396. The molecule has 1 atom stereocenters. The van der Waals surface area contributed by atoms with Crippen molar-refractivity contribution in [1.82, 2.24) is 0 Å². The molecule has 0 amide bonds. The summed E-state index contributed by atoms with van der Waals surface area (Å²) in [6.45, 7) is 3.15. The number of nitrogens with zero attached hydrogens (tertiary/aromatic N) is 1. The van der Waals surface area contributed by atoms with E-state index >= 15 is 0 Å². The van der Waals surface area contributed by atoms with Gasteiger partial charge in [0.15, 0.2) is 0 Å². The van der Waals surface area contributed by atoms with Crippen LogP contribution in [-0.2, 0) is 0 Å². The minimum Gasteiger partial charge on any atom is -0.278 e. The van der Waals surface area contributed by atoms with E-state index in [1.165, 1.54) is 34.6 Å². The van der Waals surface area contributed by atoms with Crippen molar-refractivity contribution in [2.24, 2.45) is 4.99 Å². The molecule has 0 bridgehead atoms. The molecule has 0 radical (unpaired) electrons. The summed E-state index contributed by atoms with van der Waals surface area (Å²) < 4.78 is 0. The van der Waals surface area contributed by atoms with Crippen LogP contribution >= 0.6 is 11.8 Å². The highest BCUT2D eigenvalue weighted by Gasteiger charge is 2.28. The number of fused-ring (bicyclic) bond motifs is 1. The monoisotopic (exact) mass is 281 g/mol. The van der Waals surface area contributed by atoms with E-state index in [-0.39, 0.29) is 0 Å². The number of rotatable bonds is 4. The number of hydrogen-bond acceptors (Lipinski definition) is 2. The van der Waals surface area contributed by atoms with Gasteiger partial charge in [0.05, 0.1) is 10.3 Å². The number of unbranched alkanes of at least 4 members (excludes halogenated alkanes) is 1. The Morgan fingerprint density at radius 2 is 1.75 bits per heavy atom. The molecule has 3 rings (SSSR count). The van der Waals surface area contributed by atoms with Gasteiger partial charge < -0.3 is 0 Å². The molecule has 1 heterocycles. The maximum Gasteiger partial charge on any atom is 0.0989 e. The van der Waals surface area contributed by atoms with E-state index in [4.69, 9.17) is 4.99 Å². The molecule has 2 aromatic rings. The molecule has 0 saturated carbocycles. The third-order valence-electron chi connectivity index (χ3n) is 3.57. The van der Waals surface area contributed by atoms with E-state index in [9.17, 15) is 0 Å². The third-order valence-corrected chi connectivity index (χ3v) is 4.91. The zero-order valence-electron chi connectivity index (χ0n) is 11.8. The molecular formula is C18H19NS. The van der Waals surface area contributed by atoms with Gasteiger partial charge in [-0.2, -0.15) is 0 Å². The van der Waals surface area contributed by atoms with Crippen molar-refractivity contribution in [2.75, 3.05) is 6.54 Å². The maximum absolute atomic E-state index is 4.81. The number of hydrogen-bond donors (Lipinski definition) is 0. The van der Waals surface area contributed by atoms with E-state index < -0.39 is 0 Å². The van der Waals surface area contributed by atoms with E-state index in [0.717, 1.165) is 6.54 Å². The van der Waals surface area contributed by atoms with Crippen LogP contribution < -0.4 is 0 Å². The molecule has 0 aromatic heterocycles. The minimum absolute atomic E-state index is 0.396. The lowest BCUT2D eigenvalue weighted by Gasteiger charge is -2.09. The van der Waals surface area contributed by atoms with Crippen molar-refractivity contribution in [3.05, 3.63) is 71.3 Å². The van der Waals surface area contributed by atoms with Gasteiger partial charge in [0.2, 0.25) is 0 Å². The Kier molecular flexibility index (Phi) is 4.22. The molecule has 1 unspecified atom stereocenters. The Morgan fingerprint density at radius 3 is 2.55 bits per heavy atom. The molecule has 102 valence electrons. The highest BCUT2D eigenvalue weighted by molar-refractivity contribution is 8.15. The first-order chi connectivity index (χ1) is 9.90. The summed E-state index contributed by atoms with van der Waals surface area (Å²) in [5.74, 6) is 0. The standard InChI is InChI=1S/C18H19NS/c1-2-3-13-19-18-16-12-8-7-11-15(16)17(20-18)14-9-5-4-6-10-14/h4-12,17H,2-3,13H2,1H3. The van der Waals surface area contributed by atoms with Gasteiger partial charge >= 0.3 is 0 Å². The topological polar surface area (TPSA) is 12.4 Å². The molecule has 0 saturated heterocycles. The van der Waals surface area contributed by atoms with Crippen LogP contribution in [0.25, 0.3) is 0 Å². The molecule has 1 nitrogen and oxygen atoms in total. The summed E-state index contributed by atoms with van der Waals surface area (Å²) in [7, 11) is 0. The van der Waals surface area contributed by atoms with Crippen LogP contribution in [0.15, 0.2) is 59.6 Å². The predicted octanol–water partition coefficient (Wildman–Crippen LogP) is 5.07. The van der Waals surface area contributed by atoms with E-state index in [2.05, 4.69) is 61.5 Å². The summed E-state index contributed by atoms with van der Waals surface area (Å²) in [6, 6.07) is 19.4. The van der Waals surface area contributed by atoms with E-state index in [0.29, 0.717) is 5.25 Å². The SMILES string of the molecule is CCCCN=C1SC(c2ccccc2)c2ccccc21. The first-order valence-electron chi connectivity index (χ1n) is 7.25. The smallest absolute Gasteiger partial charge is 0.0989 e. The molecule has 1 aliphatic heterocycles. The van der Waals surface area contributed by atoms with Crippen LogP contribution in [0.5, 0.6) is 0 Å². The van der Waals surface area contributed by atoms with Crippen molar-refractivity contribution in [3.63, 3.8) is 0 Å². The number of aliphatic imine (C=N–C) groups is 1. The Hall–Kier alpha value is -1.54. The second-order valence-electron chi connectivity index (χ2n) is 5.04. The molecule has 0 N–H and O–H groups in total. The van der Waals surface area contributed by atoms with Gasteiger partial charge in [-0.15, -0.1) is 0 Å². The van der Waals surface area contributed by atoms with Gasteiger partial charge in [0, 0.05) is 12.1 Å². The van der Waals surface area contributed by atoms with Crippen molar-refractivity contribution in [3.8, 4) is 0 Å². The second-order valence-corrected chi connectivity index (χ2v) is 6.13. The van der Waals surface area contributed by atoms with Crippen LogP contribution in [0.1, 0.15) is 41.7 Å². The fraction of sp³-hybridized carbons (Fsp3) is 0.278. The summed E-state index contributed by atoms with van der Waals surface area (Å²) in [5, 5.41) is 1.61. The van der Waals surface area contributed by atoms with Gasteiger partial charge in [-0.05, 0) is 17.5 Å². The van der Waals surface area contributed by atoms with E-state index in [1.807, 2.05) is 11.8 Å². The largest absolute Gasteiger partial charge is 0.278 e. The average Bonchev–Trinajstić information content (AvgIpc) is 2.88. The Labute approximate surface area is 125 Å². The number of thioether (sulfide) groups is 1. The Balaban J connectivity index is 1.94. The predicted molar refractivity (Wildman–Crippen MR) is 88.6 cm³/mol. The van der Waals surface area contributed by atoms with Gasteiger partial charge in [0.25, 0.3) is 0 Å². The fourth-order valence-electron chi connectivity index (χ4n) is 2.50. The molecule has 0 aliphatic carbocycles. The van der Waals surface area contributed by atoms with Crippen LogP contribution in [0.3, 0.4) is 0 Å². The maximum atomic E-state index is 4.81. The highest BCUT2D eigenvalue weighted by atomic mass is 32.2. The van der Waals surface area contributed by atoms with Gasteiger partial charge in [-0.25, -0.2) is 0 Å². The molecule has 0 spiro atoms. The molecule has 20 heavy (non-hydrogen) atoms. The quantitative estimate of drug-likeness (QED) is 0.713. The zero-order valence-corrected chi connectivity index (χ0v) is 12.6. The molecule has 0 fully saturated rings. The summed E-state index contributed by atoms with van der Waals surface area (Å²) in [4.78, 5) is 4.81. The Bertz CT molecular complexity index is 604. The Morgan fingerprint density at radius 1 is 1.00 bits per heavy atom. The summed E-state index contributed by atoms with van der Waals surface area (Å²) in [5.41, 5.74) is 4.09. The lowest BCUT2D eigenvalue weighted by Crippen LogP contribution is -1.93. The first kappa shape index (κ1) is 13.4. The van der Waals surface area contributed by atoms with Gasteiger partial charge in [0.1, 0.15) is 0 Å². The third kappa shape index (κ3) is 2.66. The van der Waals surface area contributed by atoms with Crippen LogP contribution in [-0.4, -0.2) is 11.6 Å². The lowest BCUT2D eigenvalue weighted by atomic mass is 10.0. The summed E-state index contributed by atoms with van der Waals surface area (Å²) in [6.07, 6.45) is 2.37. The van der Waals surface area contributed by atoms with Crippen molar-refractivity contribution in [2.45, 2.75) is 25.0 Å². The zero-order chi connectivity index (χ0) is 13.8. The molecule has 2 heteroatoms. The van der Waals surface area contributed by atoms with Crippen LogP contribution in [0, 0.1) is 0 Å². The van der Waals surface area contributed by atoms with Gasteiger partial charge in [-0.1, -0.05) is 79.7 Å². The van der Waals surface area contributed by atoms with Crippen molar-refractivity contribution >= 4 is 16.8 Å². The molecule has 2 aromatic carbocycles. The lowest BCUT2D eigenvalue weighted by molar-refractivity contribution is 0.810. The molecular weight excluding hydrogens is 262 g/mol. The highest BCUT2D eigenvalue weighted by Crippen LogP contribution is 2.46. The van der Waals surface area contributed by atoms with Crippen LogP contribution in [0.2, 0.25) is 0 Å². The average molecular weight is 281 g/mol.